The normalized spacial score (nSPS) is 12.7. The molecule has 1 heterocycles. The van der Waals surface area contributed by atoms with E-state index in [1.54, 1.807) is 0 Å². The van der Waals surface area contributed by atoms with Gasteiger partial charge in [0.05, 0.1) is 16.5 Å². The van der Waals surface area contributed by atoms with Crippen molar-refractivity contribution >= 4 is 49.8 Å². The highest BCUT2D eigenvalue weighted by molar-refractivity contribution is 6.25. The number of anilines is 3. The first kappa shape index (κ1) is 35.0. The van der Waals surface area contributed by atoms with Crippen molar-refractivity contribution < 1.29 is 4.42 Å². The highest BCUT2D eigenvalue weighted by Crippen LogP contribution is 2.56. The van der Waals surface area contributed by atoms with Gasteiger partial charge in [0, 0.05) is 16.8 Å². The summed E-state index contributed by atoms with van der Waals surface area (Å²) in [4.78, 5) is 2.40. The van der Waals surface area contributed by atoms with Crippen LogP contribution in [-0.4, -0.2) is 0 Å². The second-order valence-corrected chi connectivity index (χ2v) is 16.0. The lowest BCUT2D eigenvalue weighted by molar-refractivity contribution is 0.669. The first-order valence-electron chi connectivity index (χ1n) is 21.0. The van der Waals surface area contributed by atoms with Gasteiger partial charge in [-0.25, -0.2) is 0 Å². The second kappa shape index (κ2) is 14.1. The summed E-state index contributed by atoms with van der Waals surface area (Å²) in [7, 11) is 0. The molecule has 1 aliphatic rings. The summed E-state index contributed by atoms with van der Waals surface area (Å²) in [5, 5.41) is 4.57. The van der Waals surface area contributed by atoms with Crippen LogP contribution in [0.15, 0.2) is 241 Å². The first-order valence-corrected chi connectivity index (χ1v) is 21.0. The van der Waals surface area contributed by atoms with E-state index >= 15 is 0 Å². The van der Waals surface area contributed by atoms with Crippen molar-refractivity contribution in [2.24, 2.45) is 0 Å². The molecule has 286 valence electrons. The Morgan fingerprint density at radius 1 is 0.328 bits per heavy atom. The Bertz CT molecular complexity index is 3340. The number of hydrogen-bond acceptors (Lipinski definition) is 2. The second-order valence-electron chi connectivity index (χ2n) is 16.0. The van der Waals surface area contributed by atoms with E-state index in [2.05, 4.69) is 241 Å². The van der Waals surface area contributed by atoms with Crippen LogP contribution in [0.4, 0.5) is 17.1 Å². The predicted molar refractivity (Wildman–Crippen MR) is 254 cm³/mol. The maximum Gasteiger partial charge on any atom is 0.137 e. The fraction of sp³-hybridized carbons (Fsp3) is 0.0169. The molecule has 0 radical (unpaired) electrons. The van der Waals surface area contributed by atoms with Crippen molar-refractivity contribution in [3.8, 4) is 33.4 Å². The van der Waals surface area contributed by atoms with Crippen LogP contribution >= 0.6 is 0 Å². The molecular weight excluding hydrogens is 739 g/mol. The van der Waals surface area contributed by atoms with Crippen molar-refractivity contribution in [3.63, 3.8) is 0 Å². The molecule has 2 heteroatoms. The van der Waals surface area contributed by atoms with Gasteiger partial charge in [-0.05, 0) is 109 Å². The van der Waals surface area contributed by atoms with Gasteiger partial charge in [-0.2, -0.15) is 0 Å². The summed E-state index contributed by atoms with van der Waals surface area (Å²) in [6, 6.07) is 85.8. The van der Waals surface area contributed by atoms with E-state index < -0.39 is 5.41 Å². The largest absolute Gasteiger partial charge is 0.456 e. The summed E-state index contributed by atoms with van der Waals surface area (Å²) < 4.78 is 6.85. The first-order chi connectivity index (χ1) is 30.3. The zero-order chi connectivity index (χ0) is 40.3. The minimum atomic E-state index is -0.481. The van der Waals surface area contributed by atoms with Gasteiger partial charge in [-0.15, -0.1) is 0 Å². The summed E-state index contributed by atoms with van der Waals surface area (Å²) in [6.07, 6.45) is 0. The molecule has 0 unspecified atom stereocenters. The van der Waals surface area contributed by atoms with Crippen LogP contribution in [0.5, 0.6) is 0 Å². The van der Waals surface area contributed by atoms with Gasteiger partial charge < -0.3 is 9.32 Å². The van der Waals surface area contributed by atoms with E-state index in [0.717, 1.165) is 44.6 Å². The van der Waals surface area contributed by atoms with E-state index in [-0.39, 0.29) is 0 Å². The minimum Gasteiger partial charge on any atom is -0.456 e. The van der Waals surface area contributed by atoms with Crippen LogP contribution in [0.3, 0.4) is 0 Å². The van der Waals surface area contributed by atoms with Crippen LogP contribution < -0.4 is 4.90 Å². The van der Waals surface area contributed by atoms with Gasteiger partial charge in [0.25, 0.3) is 0 Å². The highest BCUT2D eigenvalue weighted by atomic mass is 16.3. The van der Waals surface area contributed by atoms with Crippen LogP contribution in [0.1, 0.15) is 22.3 Å². The van der Waals surface area contributed by atoms with Gasteiger partial charge >= 0.3 is 0 Å². The lowest BCUT2D eigenvalue weighted by Gasteiger charge is -2.34. The molecule has 1 aromatic heterocycles. The molecule has 0 amide bonds. The van der Waals surface area contributed by atoms with Crippen molar-refractivity contribution in [2.75, 3.05) is 4.90 Å². The average Bonchev–Trinajstić information content (AvgIpc) is 3.87. The van der Waals surface area contributed by atoms with Crippen molar-refractivity contribution in [2.45, 2.75) is 5.41 Å². The maximum atomic E-state index is 6.85. The zero-order valence-corrected chi connectivity index (χ0v) is 33.4. The van der Waals surface area contributed by atoms with E-state index in [0.29, 0.717) is 0 Å². The number of rotatable bonds is 7. The molecule has 0 N–H and O–H groups in total. The highest BCUT2D eigenvalue weighted by Gasteiger charge is 2.45. The molecule has 0 spiro atoms. The molecule has 12 rings (SSSR count). The smallest absolute Gasteiger partial charge is 0.137 e. The molecule has 10 aromatic carbocycles. The summed E-state index contributed by atoms with van der Waals surface area (Å²) in [6.45, 7) is 0. The van der Waals surface area contributed by atoms with Gasteiger partial charge in [0.2, 0.25) is 0 Å². The number of hydrogen-bond donors (Lipinski definition) is 0. The van der Waals surface area contributed by atoms with Gasteiger partial charge in [-0.1, -0.05) is 194 Å². The number of fused-ring (bicyclic) bond motifs is 8. The standard InChI is InChI=1S/C59H39NO/c1-4-17-40(18-5-1)41-31-35-45(36-32-41)60(54-29-16-30-55-58(54)57-50-26-11-10-23-47(50)51(39-56(57)61-55)42-19-6-2-7-20-42)46-37-33-44(34-38-46)59(43-21-8-3-9-22-43)52-27-14-12-24-48(52)49-25-13-15-28-53(49)59/h1-39H. The van der Waals surface area contributed by atoms with Crippen LogP contribution in [0.25, 0.3) is 66.1 Å². The quantitative estimate of drug-likeness (QED) is 0.160. The molecule has 0 saturated carbocycles. The minimum absolute atomic E-state index is 0.481. The van der Waals surface area contributed by atoms with E-state index in [1.807, 2.05) is 0 Å². The summed E-state index contributed by atoms with van der Waals surface area (Å²) in [5.41, 5.74) is 16.8. The Hall–Kier alpha value is -7.94. The van der Waals surface area contributed by atoms with Crippen LogP contribution in [0.2, 0.25) is 0 Å². The fourth-order valence-corrected chi connectivity index (χ4v) is 10.1. The van der Waals surface area contributed by atoms with Gasteiger partial charge in [-0.3, -0.25) is 0 Å². The molecule has 0 bridgehead atoms. The average molecular weight is 778 g/mol. The predicted octanol–water partition coefficient (Wildman–Crippen LogP) is 15.9. The Morgan fingerprint density at radius 3 is 1.49 bits per heavy atom. The molecule has 2 nitrogen and oxygen atoms in total. The van der Waals surface area contributed by atoms with E-state index in [4.69, 9.17) is 4.42 Å². The van der Waals surface area contributed by atoms with E-state index in [1.165, 1.54) is 60.8 Å². The maximum absolute atomic E-state index is 6.85. The molecule has 0 aliphatic heterocycles. The Morgan fingerprint density at radius 2 is 0.836 bits per heavy atom. The Balaban J connectivity index is 1.09. The topological polar surface area (TPSA) is 16.4 Å². The third kappa shape index (κ3) is 5.43. The fourth-order valence-electron chi connectivity index (χ4n) is 10.1. The van der Waals surface area contributed by atoms with Crippen LogP contribution in [-0.2, 0) is 5.41 Å². The monoisotopic (exact) mass is 777 g/mol. The molecule has 0 saturated heterocycles. The molecule has 0 atom stereocenters. The molecular formula is C59H39NO. The summed E-state index contributed by atoms with van der Waals surface area (Å²) in [5.74, 6) is 0. The summed E-state index contributed by atoms with van der Waals surface area (Å²) >= 11 is 0. The van der Waals surface area contributed by atoms with Gasteiger partial charge in [0.1, 0.15) is 11.2 Å². The molecule has 61 heavy (non-hydrogen) atoms. The third-order valence-corrected chi connectivity index (χ3v) is 12.8. The molecule has 11 aromatic rings. The zero-order valence-electron chi connectivity index (χ0n) is 33.4. The number of nitrogens with zero attached hydrogens (tertiary/aromatic N) is 1. The van der Waals surface area contributed by atoms with Crippen molar-refractivity contribution in [1.82, 2.24) is 0 Å². The number of benzene rings is 10. The van der Waals surface area contributed by atoms with Crippen molar-refractivity contribution in [1.29, 1.82) is 0 Å². The molecule has 1 aliphatic carbocycles. The lowest BCUT2D eigenvalue weighted by Crippen LogP contribution is -2.28. The Labute approximate surface area is 355 Å². The lowest BCUT2D eigenvalue weighted by atomic mass is 9.68. The SMILES string of the molecule is c1ccc(-c2ccc(N(c3ccc(C4(c5ccccc5)c5ccccc5-c5ccccc54)cc3)c3cccc4oc5cc(-c6ccccc6)c6ccccc6c5c34)cc2)cc1. The van der Waals surface area contributed by atoms with Crippen LogP contribution in [0, 0.1) is 0 Å². The van der Waals surface area contributed by atoms with Gasteiger partial charge in [0.15, 0.2) is 0 Å². The Kier molecular flexibility index (Phi) is 8.11. The van der Waals surface area contributed by atoms with E-state index in [9.17, 15) is 0 Å². The molecule has 0 fully saturated rings. The van der Waals surface area contributed by atoms with Crippen molar-refractivity contribution in [3.05, 3.63) is 259 Å². The number of furan rings is 1. The third-order valence-electron chi connectivity index (χ3n) is 12.8.